The molecule has 1 saturated carbocycles. The second kappa shape index (κ2) is 7.08. The zero-order valence-electron chi connectivity index (χ0n) is 13.4. The van der Waals surface area contributed by atoms with Crippen molar-refractivity contribution in [3.63, 3.8) is 0 Å². The molecule has 0 saturated heterocycles. The molecule has 1 N–H and O–H groups in total. The highest BCUT2D eigenvalue weighted by Gasteiger charge is 2.28. The van der Waals surface area contributed by atoms with Crippen LogP contribution in [0.25, 0.3) is 5.69 Å². The molecule has 1 unspecified atom stereocenters. The van der Waals surface area contributed by atoms with E-state index in [0.29, 0.717) is 11.7 Å². The Bertz CT molecular complexity index is 665. The number of thioether (sulfide) groups is 1. The van der Waals surface area contributed by atoms with Gasteiger partial charge in [0.15, 0.2) is 5.16 Å². The molecule has 1 fully saturated rings. The molecular weight excluding hydrogens is 310 g/mol. The number of hydrogen-bond acceptors (Lipinski definition) is 4. The maximum atomic E-state index is 12.0. The Labute approximate surface area is 140 Å². The lowest BCUT2D eigenvalue weighted by atomic mass is 10.2. The highest BCUT2D eigenvalue weighted by molar-refractivity contribution is 7.99. The average Bonchev–Trinajstić information content (AvgIpc) is 3.32. The average molecular weight is 331 g/mol. The van der Waals surface area contributed by atoms with Gasteiger partial charge in [0.2, 0.25) is 5.91 Å². The van der Waals surface area contributed by atoms with Crippen LogP contribution < -0.4 is 10.1 Å². The zero-order valence-corrected chi connectivity index (χ0v) is 14.2. The summed E-state index contributed by atoms with van der Waals surface area (Å²) >= 11 is 1.45. The van der Waals surface area contributed by atoms with E-state index >= 15 is 0 Å². The minimum atomic E-state index is 0.0682. The SMILES string of the molecule is COc1ccc(-n2ccnc2SCC(=O)NC(C)C2CC2)cc1. The molecule has 1 amide bonds. The van der Waals surface area contributed by atoms with E-state index in [4.69, 9.17) is 4.74 Å². The first-order valence-corrected chi connectivity index (χ1v) is 8.76. The van der Waals surface area contributed by atoms with Gasteiger partial charge in [-0.1, -0.05) is 11.8 Å². The molecule has 1 aliphatic carbocycles. The number of rotatable bonds is 7. The number of amides is 1. The number of imidazole rings is 1. The van der Waals surface area contributed by atoms with Crippen molar-refractivity contribution in [3.05, 3.63) is 36.7 Å². The van der Waals surface area contributed by atoms with E-state index in [9.17, 15) is 4.79 Å². The van der Waals surface area contributed by atoms with Crippen LogP contribution in [0.3, 0.4) is 0 Å². The molecule has 6 heteroatoms. The van der Waals surface area contributed by atoms with Crippen LogP contribution in [0.1, 0.15) is 19.8 Å². The molecule has 1 atom stereocenters. The normalized spacial score (nSPS) is 15.2. The third-order valence-corrected chi connectivity index (χ3v) is 4.97. The molecule has 0 aliphatic heterocycles. The lowest BCUT2D eigenvalue weighted by Crippen LogP contribution is -2.35. The number of carbonyl (C=O) groups excluding carboxylic acids is 1. The molecule has 0 spiro atoms. The van der Waals surface area contributed by atoms with Gasteiger partial charge in [0.05, 0.1) is 12.9 Å². The third kappa shape index (κ3) is 4.07. The van der Waals surface area contributed by atoms with Gasteiger partial charge in [0.25, 0.3) is 0 Å². The Kier molecular flexibility index (Phi) is 4.91. The van der Waals surface area contributed by atoms with Crippen molar-refractivity contribution in [2.75, 3.05) is 12.9 Å². The number of benzene rings is 1. The van der Waals surface area contributed by atoms with Crippen molar-refractivity contribution in [1.82, 2.24) is 14.9 Å². The van der Waals surface area contributed by atoms with Crippen molar-refractivity contribution in [3.8, 4) is 11.4 Å². The van der Waals surface area contributed by atoms with Crippen LogP contribution in [-0.2, 0) is 4.79 Å². The molecular formula is C17H21N3O2S. The van der Waals surface area contributed by atoms with Gasteiger partial charge >= 0.3 is 0 Å². The van der Waals surface area contributed by atoms with Crippen LogP contribution in [0.2, 0.25) is 0 Å². The smallest absolute Gasteiger partial charge is 0.230 e. The van der Waals surface area contributed by atoms with Gasteiger partial charge < -0.3 is 10.1 Å². The van der Waals surface area contributed by atoms with E-state index in [-0.39, 0.29) is 11.9 Å². The quantitative estimate of drug-likeness (QED) is 0.793. The van der Waals surface area contributed by atoms with Gasteiger partial charge in [-0.3, -0.25) is 9.36 Å². The number of methoxy groups -OCH3 is 1. The van der Waals surface area contributed by atoms with Gasteiger partial charge in [-0.2, -0.15) is 0 Å². The summed E-state index contributed by atoms with van der Waals surface area (Å²) in [5.41, 5.74) is 0.998. The van der Waals surface area contributed by atoms with Gasteiger partial charge in [-0.25, -0.2) is 4.98 Å². The second-order valence-electron chi connectivity index (χ2n) is 5.76. The predicted octanol–water partition coefficient (Wildman–Crippen LogP) is 2.89. The summed E-state index contributed by atoms with van der Waals surface area (Å²) in [5, 5.41) is 3.87. The Morgan fingerprint density at radius 3 is 2.83 bits per heavy atom. The molecule has 0 bridgehead atoms. The van der Waals surface area contributed by atoms with E-state index in [1.807, 2.05) is 35.0 Å². The largest absolute Gasteiger partial charge is 0.497 e. The Hall–Kier alpha value is -1.95. The fourth-order valence-corrected chi connectivity index (χ4v) is 3.26. The molecule has 2 aromatic rings. The van der Waals surface area contributed by atoms with Crippen LogP contribution >= 0.6 is 11.8 Å². The minimum Gasteiger partial charge on any atom is -0.497 e. The fourth-order valence-electron chi connectivity index (χ4n) is 2.48. The highest BCUT2D eigenvalue weighted by Crippen LogP contribution is 2.32. The first kappa shape index (κ1) is 15.9. The van der Waals surface area contributed by atoms with Crippen LogP contribution in [-0.4, -0.2) is 34.4 Å². The van der Waals surface area contributed by atoms with E-state index in [2.05, 4.69) is 17.2 Å². The molecule has 122 valence electrons. The Balaban J connectivity index is 1.60. The summed E-state index contributed by atoms with van der Waals surface area (Å²) in [4.78, 5) is 16.4. The lowest BCUT2D eigenvalue weighted by molar-refractivity contribution is -0.119. The standard InChI is InChI=1S/C17H21N3O2S/c1-12(13-3-4-13)19-16(21)11-23-17-18-9-10-20(17)14-5-7-15(22-2)8-6-14/h5-10,12-13H,3-4,11H2,1-2H3,(H,19,21). The Morgan fingerprint density at radius 2 is 2.17 bits per heavy atom. The summed E-state index contributed by atoms with van der Waals surface area (Å²) in [6, 6.07) is 8.05. The van der Waals surface area contributed by atoms with Gasteiger partial charge in [0, 0.05) is 24.1 Å². The number of aromatic nitrogens is 2. The molecule has 1 aromatic heterocycles. The van der Waals surface area contributed by atoms with E-state index in [1.165, 1.54) is 24.6 Å². The predicted molar refractivity (Wildman–Crippen MR) is 91.2 cm³/mol. The summed E-state index contributed by atoms with van der Waals surface area (Å²) < 4.78 is 7.15. The molecule has 0 radical (unpaired) electrons. The highest BCUT2D eigenvalue weighted by atomic mass is 32.2. The summed E-state index contributed by atoms with van der Waals surface area (Å²) in [5.74, 6) is 1.94. The van der Waals surface area contributed by atoms with Crippen molar-refractivity contribution in [1.29, 1.82) is 0 Å². The second-order valence-corrected chi connectivity index (χ2v) is 6.70. The first-order valence-electron chi connectivity index (χ1n) is 7.77. The maximum absolute atomic E-state index is 12.0. The zero-order chi connectivity index (χ0) is 16.2. The number of nitrogens with one attached hydrogen (secondary N) is 1. The summed E-state index contributed by atoms with van der Waals surface area (Å²) in [6.07, 6.45) is 6.11. The van der Waals surface area contributed by atoms with Crippen molar-refractivity contribution in [2.45, 2.75) is 31.0 Å². The van der Waals surface area contributed by atoms with Crippen LogP contribution in [0, 0.1) is 5.92 Å². The molecule has 1 aliphatic rings. The topological polar surface area (TPSA) is 56.2 Å². The Morgan fingerprint density at radius 1 is 1.43 bits per heavy atom. The van der Waals surface area contributed by atoms with E-state index in [1.54, 1.807) is 13.3 Å². The number of ether oxygens (including phenoxy) is 1. The molecule has 23 heavy (non-hydrogen) atoms. The van der Waals surface area contributed by atoms with E-state index < -0.39 is 0 Å². The summed E-state index contributed by atoms with van der Waals surface area (Å²) in [7, 11) is 1.65. The number of carbonyl (C=O) groups is 1. The van der Waals surface area contributed by atoms with Crippen molar-refractivity contribution >= 4 is 17.7 Å². The number of nitrogens with zero attached hydrogens (tertiary/aromatic N) is 2. The molecule has 3 rings (SSSR count). The molecule has 5 nitrogen and oxygen atoms in total. The maximum Gasteiger partial charge on any atom is 0.230 e. The van der Waals surface area contributed by atoms with Gasteiger partial charge in [-0.15, -0.1) is 0 Å². The summed E-state index contributed by atoms with van der Waals surface area (Å²) in [6.45, 7) is 2.08. The molecule has 1 heterocycles. The first-order chi connectivity index (χ1) is 11.2. The fraction of sp³-hybridized carbons (Fsp3) is 0.412. The van der Waals surface area contributed by atoms with Crippen molar-refractivity contribution < 1.29 is 9.53 Å². The van der Waals surface area contributed by atoms with Crippen LogP contribution in [0.4, 0.5) is 0 Å². The van der Waals surface area contributed by atoms with Crippen LogP contribution in [0.5, 0.6) is 5.75 Å². The lowest BCUT2D eigenvalue weighted by Gasteiger charge is -2.12. The molecule has 1 aromatic carbocycles. The number of hydrogen-bond donors (Lipinski definition) is 1. The van der Waals surface area contributed by atoms with Crippen LogP contribution in [0.15, 0.2) is 41.8 Å². The minimum absolute atomic E-state index is 0.0682. The van der Waals surface area contributed by atoms with Gasteiger partial charge in [0.1, 0.15) is 5.75 Å². The van der Waals surface area contributed by atoms with Crippen molar-refractivity contribution in [2.24, 2.45) is 5.92 Å². The monoisotopic (exact) mass is 331 g/mol. The van der Waals surface area contributed by atoms with Gasteiger partial charge in [-0.05, 0) is 49.9 Å². The third-order valence-electron chi connectivity index (χ3n) is 4.01. The van der Waals surface area contributed by atoms with E-state index in [0.717, 1.165) is 16.6 Å².